The van der Waals surface area contributed by atoms with E-state index in [0.29, 0.717) is 18.6 Å². The zero-order valence-electron chi connectivity index (χ0n) is 18.0. The van der Waals surface area contributed by atoms with Gasteiger partial charge in [-0.05, 0) is 41.3 Å². The average Bonchev–Trinajstić information content (AvgIpc) is 2.77. The van der Waals surface area contributed by atoms with Crippen LogP contribution in [-0.4, -0.2) is 38.0 Å². The zero-order chi connectivity index (χ0) is 21.3. The van der Waals surface area contributed by atoms with Crippen molar-refractivity contribution in [3.05, 3.63) is 69.3 Å². The van der Waals surface area contributed by atoms with E-state index < -0.39 is 0 Å². The fourth-order valence-corrected chi connectivity index (χ4v) is 5.09. The van der Waals surface area contributed by atoms with Gasteiger partial charge in [0.25, 0.3) is 0 Å². The molecular formula is C25H30ClNO3. The van der Waals surface area contributed by atoms with Crippen molar-refractivity contribution in [2.75, 3.05) is 27.3 Å². The van der Waals surface area contributed by atoms with Crippen LogP contribution in [0.15, 0.2) is 58.7 Å². The Balaban J connectivity index is 1.77. The van der Waals surface area contributed by atoms with Crippen molar-refractivity contribution < 1.29 is 14.3 Å². The van der Waals surface area contributed by atoms with Gasteiger partial charge in [0.15, 0.2) is 5.76 Å². The van der Waals surface area contributed by atoms with Crippen molar-refractivity contribution >= 4 is 17.4 Å². The molecule has 2 heterocycles. The molecule has 160 valence electrons. The third-order valence-corrected chi connectivity index (χ3v) is 6.89. The molecule has 2 aliphatic heterocycles. The number of benzene rings is 1. The van der Waals surface area contributed by atoms with Gasteiger partial charge in [0.2, 0.25) is 0 Å². The third kappa shape index (κ3) is 3.90. The highest BCUT2D eigenvalue weighted by Crippen LogP contribution is 2.46. The van der Waals surface area contributed by atoms with E-state index in [1.54, 1.807) is 14.2 Å². The number of ketones is 1. The van der Waals surface area contributed by atoms with Gasteiger partial charge < -0.3 is 14.4 Å². The van der Waals surface area contributed by atoms with E-state index in [0.717, 1.165) is 48.9 Å². The minimum Gasteiger partial charge on any atom is -0.497 e. The quantitative estimate of drug-likeness (QED) is 0.591. The van der Waals surface area contributed by atoms with E-state index in [1.165, 1.54) is 22.4 Å². The SMILES string of the molecule is CCCC[C@@H]1CN2C[C@H](c3ccc(Cl)cc3)C3=CC(OC)=C(OC)CC3=C2CC1=O. The zero-order valence-corrected chi connectivity index (χ0v) is 18.8. The molecule has 1 saturated heterocycles. The van der Waals surface area contributed by atoms with Gasteiger partial charge >= 0.3 is 0 Å². The lowest BCUT2D eigenvalue weighted by Crippen LogP contribution is -2.45. The molecule has 30 heavy (non-hydrogen) atoms. The Kier molecular flexibility index (Phi) is 6.24. The fourth-order valence-electron chi connectivity index (χ4n) is 4.97. The van der Waals surface area contributed by atoms with Gasteiger partial charge in [-0.25, -0.2) is 0 Å². The Morgan fingerprint density at radius 3 is 2.53 bits per heavy atom. The van der Waals surface area contributed by atoms with Crippen LogP contribution >= 0.6 is 11.6 Å². The first-order chi connectivity index (χ1) is 14.5. The van der Waals surface area contributed by atoms with Gasteiger partial charge in [-0.1, -0.05) is 43.5 Å². The number of rotatable bonds is 6. The normalized spacial score (nSPS) is 23.8. The molecule has 0 amide bonds. The largest absolute Gasteiger partial charge is 0.497 e. The second-order valence-corrected chi connectivity index (χ2v) is 8.83. The molecule has 1 aromatic carbocycles. The molecule has 0 bridgehead atoms. The van der Waals surface area contributed by atoms with Crippen LogP contribution in [0.4, 0.5) is 0 Å². The van der Waals surface area contributed by atoms with E-state index in [1.807, 2.05) is 12.1 Å². The number of hydrogen-bond donors (Lipinski definition) is 0. The summed E-state index contributed by atoms with van der Waals surface area (Å²) in [4.78, 5) is 15.4. The summed E-state index contributed by atoms with van der Waals surface area (Å²) in [6.45, 7) is 3.88. The van der Waals surface area contributed by atoms with E-state index in [-0.39, 0.29) is 11.8 Å². The maximum absolute atomic E-state index is 12.9. The standard InChI is InChI=1S/C25H30ClNO3/c1-4-5-6-17-14-27-15-21(16-7-9-18(26)10-8-16)19-11-24(29-2)25(30-3)12-20(19)22(27)13-23(17)28/h7-11,17,21H,4-6,12-15H2,1-3H3/t17-,21-/m1/s1. The highest BCUT2D eigenvalue weighted by atomic mass is 35.5. The highest BCUT2D eigenvalue weighted by Gasteiger charge is 2.40. The molecule has 5 heteroatoms. The molecular weight excluding hydrogens is 398 g/mol. The van der Waals surface area contributed by atoms with Crippen LogP contribution in [0.25, 0.3) is 0 Å². The van der Waals surface area contributed by atoms with E-state index in [2.05, 4.69) is 30.0 Å². The van der Waals surface area contributed by atoms with E-state index >= 15 is 0 Å². The lowest BCUT2D eigenvalue weighted by Gasteiger charge is -2.45. The third-order valence-electron chi connectivity index (χ3n) is 6.64. The minimum absolute atomic E-state index is 0.140. The van der Waals surface area contributed by atoms with Crippen molar-refractivity contribution in [1.82, 2.24) is 4.90 Å². The van der Waals surface area contributed by atoms with Gasteiger partial charge in [-0.15, -0.1) is 0 Å². The summed E-state index contributed by atoms with van der Waals surface area (Å²) in [6, 6.07) is 8.14. The number of Topliss-reactive ketones (excluding diaryl/α,β-unsaturated/α-hetero) is 1. The van der Waals surface area contributed by atoms with Crippen LogP contribution in [0, 0.1) is 5.92 Å². The predicted molar refractivity (Wildman–Crippen MR) is 119 cm³/mol. The number of carbonyl (C=O) groups excluding carboxylic acids is 1. The maximum atomic E-state index is 12.9. The van der Waals surface area contributed by atoms with Crippen molar-refractivity contribution in [2.24, 2.45) is 5.92 Å². The lowest BCUT2D eigenvalue weighted by atomic mass is 9.75. The Morgan fingerprint density at radius 1 is 1.10 bits per heavy atom. The molecule has 0 N–H and O–H groups in total. The average molecular weight is 428 g/mol. The number of ether oxygens (including phenoxy) is 2. The second kappa shape index (κ2) is 8.89. The van der Waals surface area contributed by atoms with Gasteiger partial charge in [0.1, 0.15) is 11.5 Å². The molecule has 4 nitrogen and oxygen atoms in total. The molecule has 0 aromatic heterocycles. The number of unbranched alkanes of at least 4 members (excludes halogenated alkanes) is 1. The van der Waals surface area contributed by atoms with Crippen LogP contribution in [-0.2, 0) is 14.3 Å². The summed E-state index contributed by atoms with van der Waals surface area (Å²) in [5.74, 6) is 2.33. The van der Waals surface area contributed by atoms with E-state index in [9.17, 15) is 4.79 Å². The number of halogens is 1. The number of fused-ring (bicyclic) bond motifs is 2. The first-order valence-electron chi connectivity index (χ1n) is 10.8. The first-order valence-corrected chi connectivity index (χ1v) is 11.2. The molecule has 2 atom stereocenters. The number of hydrogen-bond acceptors (Lipinski definition) is 4. The Labute approximate surface area is 184 Å². The lowest BCUT2D eigenvalue weighted by molar-refractivity contribution is -0.125. The molecule has 4 rings (SSSR count). The van der Waals surface area contributed by atoms with Crippen LogP contribution in [0.5, 0.6) is 0 Å². The number of nitrogens with zero attached hydrogens (tertiary/aromatic N) is 1. The maximum Gasteiger partial charge on any atom is 0.157 e. The Morgan fingerprint density at radius 2 is 1.87 bits per heavy atom. The summed E-state index contributed by atoms with van der Waals surface area (Å²) in [5, 5.41) is 0.742. The number of allylic oxidation sites excluding steroid dienone is 3. The van der Waals surface area contributed by atoms with Crippen molar-refractivity contribution in [2.45, 2.75) is 44.9 Å². The predicted octanol–water partition coefficient (Wildman–Crippen LogP) is 5.61. The molecule has 3 aliphatic rings. The van der Waals surface area contributed by atoms with Gasteiger partial charge in [-0.2, -0.15) is 0 Å². The molecule has 1 aromatic rings. The van der Waals surface area contributed by atoms with Crippen LogP contribution in [0.2, 0.25) is 5.02 Å². The highest BCUT2D eigenvalue weighted by molar-refractivity contribution is 6.30. The van der Waals surface area contributed by atoms with Gasteiger partial charge in [0, 0.05) is 48.5 Å². The monoisotopic (exact) mass is 427 g/mol. The van der Waals surface area contributed by atoms with Gasteiger partial charge in [-0.3, -0.25) is 4.79 Å². The van der Waals surface area contributed by atoms with Crippen LogP contribution in [0.1, 0.15) is 50.5 Å². The summed E-state index contributed by atoms with van der Waals surface area (Å²) in [6.07, 6.45) is 6.51. The van der Waals surface area contributed by atoms with Crippen molar-refractivity contribution in [1.29, 1.82) is 0 Å². The molecule has 1 fully saturated rings. The van der Waals surface area contributed by atoms with Crippen molar-refractivity contribution in [3.8, 4) is 0 Å². The number of carbonyl (C=O) groups is 1. The number of methoxy groups -OCH3 is 2. The van der Waals surface area contributed by atoms with E-state index in [4.69, 9.17) is 21.1 Å². The minimum atomic E-state index is 0.140. The van der Waals surface area contributed by atoms with Gasteiger partial charge in [0.05, 0.1) is 14.2 Å². The topological polar surface area (TPSA) is 38.8 Å². The van der Waals surface area contributed by atoms with Crippen LogP contribution in [0.3, 0.4) is 0 Å². The second-order valence-electron chi connectivity index (χ2n) is 8.39. The molecule has 0 unspecified atom stereocenters. The fraction of sp³-hybridized carbons (Fsp3) is 0.480. The van der Waals surface area contributed by atoms with Crippen LogP contribution < -0.4 is 0 Å². The number of piperidine rings is 1. The smallest absolute Gasteiger partial charge is 0.157 e. The summed E-state index contributed by atoms with van der Waals surface area (Å²) in [5.41, 5.74) is 4.87. The van der Waals surface area contributed by atoms with Crippen molar-refractivity contribution in [3.63, 3.8) is 0 Å². The summed E-state index contributed by atoms with van der Waals surface area (Å²) in [7, 11) is 3.36. The Hall–Kier alpha value is -2.20. The molecule has 0 spiro atoms. The summed E-state index contributed by atoms with van der Waals surface area (Å²) < 4.78 is 11.3. The summed E-state index contributed by atoms with van der Waals surface area (Å²) >= 11 is 6.15. The molecule has 0 radical (unpaired) electrons. The first kappa shape index (κ1) is 21.0. The Bertz CT molecular complexity index is 913. The molecule has 1 aliphatic carbocycles. The molecule has 0 saturated carbocycles.